The van der Waals surface area contributed by atoms with Gasteiger partial charge in [0.1, 0.15) is 0 Å². The van der Waals surface area contributed by atoms with Crippen molar-refractivity contribution >= 4 is 6.03 Å². The zero-order valence-electron chi connectivity index (χ0n) is 21.5. The Morgan fingerprint density at radius 3 is 2.08 bits per heavy atom. The third-order valence-electron chi connectivity index (χ3n) is 7.64. The van der Waals surface area contributed by atoms with Gasteiger partial charge in [0.15, 0.2) is 0 Å². The lowest BCUT2D eigenvalue weighted by Gasteiger charge is -2.49. The van der Waals surface area contributed by atoms with Crippen molar-refractivity contribution in [1.29, 1.82) is 0 Å². The van der Waals surface area contributed by atoms with E-state index in [0.717, 1.165) is 36.8 Å². The predicted molar refractivity (Wildman–Crippen MR) is 137 cm³/mol. The van der Waals surface area contributed by atoms with Crippen LogP contribution in [0.4, 0.5) is 18.0 Å². The number of nitrogens with one attached hydrogen (secondary N) is 1. The van der Waals surface area contributed by atoms with Crippen molar-refractivity contribution < 1.29 is 18.0 Å². The molecule has 0 radical (unpaired) electrons. The summed E-state index contributed by atoms with van der Waals surface area (Å²) in [4.78, 5) is 17.7. The first-order valence-electron chi connectivity index (χ1n) is 13.1. The summed E-state index contributed by atoms with van der Waals surface area (Å²) in [7, 11) is 0. The van der Waals surface area contributed by atoms with Crippen LogP contribution in [-0.4, -0.2) is 47.5 Å². The number of nitrogens with zero attached hydrogens (tertiary/aromatic N) is 2. The highest BCUT2D eigenvalue weighted by Gasteiger charge is 2.41. The number of benzene rings is 2. The molecule has 0 bridgehead atoms. The summed E-state index contributed by atoms with van der Waals surface area (Å²) >= 11 is 0. The minimum absolute atomic E-state index is 0.00673. The molecule has 4 nitrogen and oxygen atoms in total. The lowest BCUT2D eigenvalue weighted by molar-refractivity contribution is -0.137. The van der Waals surface area contributed by atoms with Crippen LogP contribution in [0, 0.1) is 5.41 Å². The number of urea groups is 1. The molecule has 2 amide bonds. The number of carbonyl (C=O) groups is 1. The van der Waals surface area contributed by atoms with Gasteiger partial charge in [-0.25, -0.2) is 4.79 Å². The van der Waals surface area contributed by atoms with Gasteiger partial charge in [-0.1, -0.05) is 82.5 Å². The summed E-state index contributed by atoms with van der Waals surface area (Å²) in [5.74, 6) is 0. The van der Waals surface area contributed by atoms with Crippen molar-refractivity contribution in [3.05, 3.63) is 71.3 Å². The van der Waals surface area contributed by atoms with Gasteiger partial charge in [0, 0.05) is 25.7 Å². The molecule has 1 aliphatic carbocycles. The van der Waals surface area contributed by atoms with Crippen molar-refractivity contribution in [2.45, 2.75) is 77.2 Å². The van der Waals surface area contributed by atoms with E-state index in [9.17, 15) is 18.0 Å². The largest absolute Gasteiger partial charge is 0.416 e. The molecule has 2 fully saturated rings. The van der Waals surface area contributed by atoms with Gasteiger partial charge >= 0.3 is 12.2 Å². The average Bonchev–Trinajstić information content (AvgIpc) is 2.85. The van der Waals surface area contributed by atoms with Gasteiger partial charge < -0.3 is 10.2 Å². The van der Waals surface area contributed by atoms with Crippen LogP contribution in [-0.2, 0) is 6.18 Å². The van der Waals surface area contributed by atoms with Crippen LogP contribution >= 0.6 is 0 Å². The Morgan fingerprint density at radius 1 is 0.889 bits per heavy atom. The molecule has 4 rings (SSSR count). The Hall–Kier alpha value is -2.54. The summed E-state index contributed by atoms with van der Waals surface area (Å²) in [5.41, 5.74) is 1.05. The number of hydrogen-bond donors (Lipinski definition) is 1. The standard InChI is InChI=1S/C29H38F3N3O/c1-28(2,3)25-20-34(18-19-35(25)27(36)33-24-12-8-5-9-13-24)26(21-10-6-4-7-11-21)22-14-16-23(17-15-22)29(30,31)32/h4,6-7,10-11,14-17,24-26H,5,8-9,12-13,18-20H2,1-3H3,(H,33,36)/t25-,26?/m1/s1. The number of alkyl halides is 3. The lowest BCUT2D eigenvalue weighted by Crippen LogP contribution is -2.62. The van der Waals surface area contributed by atoms with Crippen LogP contribution in [0.2, 0.25) is 0 Å². The molecule has 0 aromatic heterocycles. The molecule has 1 saturated heterocycles. The summed E-state index contributed by atoms with van der Waals surface area (Å²) < 4.78 is 39.6. The Balaban J connectivity index is 1.59. The average molecular weight is 502 g/mol. The zero-order chi connectivity index (χ0) is 25.9. The van der Waals surface area contributed by atoms with E-state index in [2.05, 4.69) is 31.0 Å². The molecule has 1 N–H and O–H groups in total. The fourth-order valence-electron chi connectivity index (χ4n) is 5.63. The van der Waals surface area contributed by atoms with E-state index in [4.69, 9.17) is 0 Å². The molecule has 36 heavy (non-hydrogen) atoms. The number of hydrogen-bond acceptors (Lipinski definition) is 2. The lowest BCUT2D eigenvalue weighted by atomic mass is 9.83. The van der Waals surface area contributed by atoms with Crippen LogP contribution in [0.3, 0.4) is 0 Å². The summed E-state index contributed by atoms with van der Waals surface area (Å²) in [5, 5.41) is 3.28. The van der Waals surface area contributed by atoms with E-state index in [1.165, 1.54) is 18.6 Å². The molecule has 1 aliphatic heterocycles. The quantitative estimate of drug-likeness (QED) is 0.496. The first kappa shape index (κ1) is 26.5. The maximum absolute atomic E-state index is 13.4. The number of halogens is 3. The third kappa shape index (κ3) is 6.23. The minimum Gasteiger partial charge on any atom is -0.335 e. The molecular formula is C29H38F3N3O. The van der Waals surface area contributed by atoms with Gasteiger partial charge in [-0.15, -0.1) is 0 Å². The molecule has 1 heterocycles. The van der Waals surface area contributed by atoms with Gasteiger partial charge in [0.25, 0.3) is 0 Å². The van der Waals surface area contributed by atoms with Crippen LogP contribution in [0.15, 0.2) is 54.6 Å². The zero-order valence-corrected chi connectivity index (χ0v) is 21.5. The van der Waals surface area contributed by atoms with Gasteiger partial charge in [-0.3, -0.25) is 4.90 Å². The molecular weight excluding hydrogens is 463 g/mol. The number of carbonyl (C=O) groups excluding carboxylic acids is 1. The summed E-state index contributed by atoms with van der Waals surface area (Å²) in [6.45, 7) is 8.31. The molecule has 2 atom stereocenters. The Kier molecular flexibility index (Phi) is 7.98. The summed E-state index contributed by atoms with van der Waals surface area (Å²) in [6, 6.07) is 15.5. The van der Waals surface area contributed by atoms with Crippen LogP contribution in [0.25, 0.3) is 0 Å². The molecule has 196 valence electrons. The number of rotatable bonds is 4. The maximum Gasteiger partial charge on any atom is 0.416 e. The Bertz CT molecular complexity index is 995. The maximum atomic E-state index is 13.4. The molecule has 2 aromatic rings. The highest BCUT2D eigenvalue weighted by atomic mass is 19.4. The first-order chi connectivity index (χ1) is 17.0. The first-order valence-corrected chi connectivity index (χ1v) is 13.1. The van der Waals surface area contributed by atoms with Crippen LogP contribution in [0.5, 0.6) is 0 Å². The molecule has 7 heteroatoms. The van der Waals surface area contributed by atoms with Gasteiger partial charge in [0.2, 0.25) is 0 Å². The van der Waals surface area contributed by atoms with E-state index in [-0.39, 0.29) is 29.6 Å². The van der Waals surface area contributed by atoms with E-state index in [1.807, 2.05) is 35.2 Å². The Morgan fingerprint density at radius 2 is 1.50 bits per heavy atom. The van der Waals surface area contributed by atoms with Crippen molar-refractivity contribution in [2.24, 2.45) is 5.41 Å². The van der Waals surface area contributed by atoms with Gasteiger partial charge in [0.05, 0.1) is 17.6 Å². The van der Waals surface area contributed by atoms with Crippen molar-refractivity contribution in [1.82, 2.24) is 15.1 Å². The number of piperazine rings is 1. The van der Waals surface area contributed by atoms with E-state index in [1.54, 1.807) is 12.1 Å². The van der Waals surface area contributed by atoms with E-state index >= 15 is 0 Å². The van der Waals surface area contributed by atoms with Gasteiger partial charge in [-0.2, -0.15) is 13.2 Å². The smallest absolute Gasteiger partial charge is 0.335 e. The van der Waals surface area contributed by atoms with E-state index < -0.39 is 11.7 Å². The van der Waals surface area contributed by atoms with Crippen LogP contribution in [0.1, 0.15) is 75.6 Å². The van der Waals surface area contributed by atoms with Crippen molar-refractivity contribution in [3.63, 3.8) is 0 Å². The SMILES string of the molecule is CC(C)(C)[C@H]1CN(C(c2ccccc2)c2ccc(C(F)(F)F)cc2)CCN1C(=O)NC1CCCCC1. The Labute approximate surface area is 212 Å². The van der Waals surface area contributed by atoms with E-state index in [0.29, 0.717) is 19.6 Å². The normalized spacial score (nSPS) is 21.3. The minimum atomic E-state index is -4.37. The van der Waals surface area contributed by atoms with Gasteiger partial charge in [-0.05, 0) is 41.5 Å². The molecule has 1 unspecified atom stereocenters. The molecule has 0 spiro atoms. The topological polar surface area (TPSA) is 35.6 Å². The fourth-order valence-corrected chi connectivity index (χ4v) is 5.63. The predicted octanol–water partition coefficient (Wildman–Crippen LogP) is 6.87. The second-order valence-electron chi connectivity index (χ2n) is 11.3. The fraction of sp³-hybridized carbons (Fsp3) is 0.552. The van der Waals surface area contributed by atoms with Crippen LogP contribution < -0.4 is 5.32 Å². The second kappa shape index (κ2) is 10.8. The van der Waals surface area contributed by atoms with Crippen molar-refractivity contribution in [2.75, 3.05) is 19.6 Å². The summed E-state index contributed by atoms with van der Waals surface area (Å²) in [6.07, 6.45) is 1.27. The molecule has 2 aliphatic rings. The molecule has 1 saturated carbocycles. The second-order valence-corrected chi connectivity index (χ2v) is 11.3. The highest BCUT2D eigenvalue weighted by Crippen LogP contribution is 2.37. The van der Waals surface area contributed by atoms with Crippen molar-refractivity contribution in [3.8, 4) is 0 Å². The third-order valence-corrected chi connectivity index (χ3v) is 7.64. The highest BCUT2D eigenvalue weighted by molar-refractivity contribution is 5.75. The number of amides is 2. The molecule has 2 aromatic carbocycles. The monoisotopic (exact) mass is 501 g/mol.